The number of carboxylic acids is 1. The molecule has 772 valence electrons. The summed E-state index contributed by atoms with van der Waals surface area (Å²) in [6.45, 7) is 68.0. The Hall–Kier alpha value is -2.57. The Morgan fingerprint density at radius 2 is 0.722 bits per heavy atom. The smallest absolute Gasteiger partial charge is 0.471 e. The van der Waals surface area contributed by atoms with Gasteiger partial charge in [-0.15, -0.1) is 0 Å². The molecule has 18 atom stereocenters. The zero-order chi connectivity index (χ0) is 100. The molecule has 0 aromatic heterocycles. The lowest BCUT2D eigenvalue weighted by molar-refractivity contribution is -0.276. The molecule has 0 aromatic carbocycles. The molecule has 1 amide bonds. The van der Waals surface area contributed by atoms with E-state index in [4.69, 9.17) is 58.8 Å². The van der Waals surface area contributed by atoms with Crippen LogP contribution in [0, 0.1) is 17.8 Å². The second kappa shape index (κ2) is 61.4. The van der Waals surface area contributed by atoms with Gasteiger partial charge in [-0.05, 0) is 208 Å². The fraction of sp³-hybridized carbons (Fsp3) is 0.816. The third kappa shape index (κ3) is 36.7. The Bertz CT molecular complexity index is 3440. The van der Waals surface area contributed by atoms with E-state index >= 15 is 18.0 Å². The van der Waals surface area contributed by atoms with Crippen molar-refractivity contribution in [2.75, 3.05) is 0 Å². The van der Waals surface area contributed by atoms with Gasteiger partial charge in [0, 0.05) is 31.3 Å². The molecule has 3 aliphatic rings. The predicted octanol–water partition coefficient (Wildman–Crippen LogP) is 29.5. The van der Waals surface area contributed by atoms with Crippen LogP contribution in [0.2, 0.25) is 163 Å². The Morgan fingerprint density at radius 3 is 1.11 bits per heavy atom. The second-order valence-corrected chi connectivity index (χ2v) is 81.4. The van der Waals surface area contributed by atoms with Crippen LogP contribution in [0.4, 0.5) is 13.2 Å². The number of amides is 1. The van der Waals surface area contributed by atoms with Crippen LogP contribution in [0.25, 0.3) is 0 Å². The van der Waals surface area contributed by atoms with Crippen LogP contribution in [0.1, 0.15) is 260 Å². The molecule has 18 nitrogen and oxygen atoms in total. The number of carbonyl (C=O) groups excluding carboxylic acids is 2. The van der Waals surface area contributed by atoms with Gasteiger partial charge in [-0.1, -0.05) is 286 Å². The number of hydrogen-bond acceptors (Lipinski definition) is 16. The molecule has 2 bridgehead atoms. The molecular weight excluding hydrogens is 1830 g/mol. The van der Waals surface area contributed by atoms with E-state index in [1.807, 2.05) is 107 Å². The summed E-state index contributed by atoms with van der Waals surface area (Å²) < 4.78 is 144. The van der Waals surface area contributed by atoms with Crippen molar-refractivity contribution in [2.24, 2.45) is 17.8 Å². The van der Waals surface area contributed by atoms with Gasteiger partial charge in [0.2, 0.25) is 0 Å². The Kier molecular flexibility index (Phi) is 57.5. The van der Waals surface area contributed by atoms with Gasteiger partial charge >= 0.3 is 24.0 Å². The van der Waals surface area contributed by atoms with Crippen molar-refractivity contribution in [3.63, 3.8) is 0 Å². The zero-order valence-electron chi connectivity index (χ0n) is 89.7. The second-order valence-electron chi connectivity index (χ2n) is 38.9. The van der Waals surface area contributed by atoms with Crippen LogP contribution in [0.15, 0.2) is 96.9 Å². The van der Waals surface area contributed by atoms with Crippen molar-refractivity contribution >= 4 is 92.7 Å². The van der Waals surface area contributed by atoms with E-state index in [-0.39, 0.29) is 49.3 Å². The number of carbonyl (C=O) groups is 3. The first kappa shape index (κ1) is 125. The molecular formula is C103H196F3NO17Si9. The van der Waals surface area contributed by atoms with E-state index in [1.165, 1.54) is 0 Å². The highest BCUT2D eigenvalue weighted by molar-refractivity contribution is 6.77. The molecule has 1 saturated heterocycles. The van der Waals surface area contributed by atoms with E-state index in [9.17, 15) is 14.7 Å². The molecule has 3 aliphatic heterocycles. The minimum absolute atomic E-state index is 0.0164. The average molecular weight is 2030 g/mol. The van der Waals surface area contributed by atoms with Gasteiger partial charge < -0.3 is 69.2 Å². The summed E-state index contributed by atoms with van der Waals surface area (Å²) in [6.07, 6.45) is 15.5. The van der Waals surface area contributed by atoms with Gasteiger partial charge in [-0.25, -0.2) is 0 Å². The van der Waals surface area contributed by atoms with E-state index in [0.29, 0.717) is 67.7 Å². The number of hydrogen-bond donors (Lipinski definition) is 2. The van der Waals surface area contributed by atoms with Crippen LogP contribution in [0.5, 0.6) is 0 Å². The molecule has 0 unspecified atom stereocenters. The number of fused-ring (bicyclic) bond motifs is 2. The van der Waals surface area contributed by atoms with Gasteiger partial charge in [0.1, 0.15) is 24.2 Å². The highest BCUT2D eigenvalue weighted by Gasteiger charge is 2.56. The number of rotatable bonds is 49. The first-order valence-corrected chi connectivity index (χ1v) is 76.2. The Labute approximate surface area is 819 Å². The first-order chi connectivity index (χ1) is 63.2. The first-order valence-electron chi connectivity index (χ1n) is 53.5. The summed E-state index contributed by atoms with van der Waals surface area (Å²) in [7, 11) is -23.0. The number of halogens is 3. The maximum absolute atomic E-state index is 15.4. The lowest BCUT2D eigenvalue weighted by Gasteiger charge is -2.51. The van der Waals surface area contributed by atoms with Crippen LogP contribution >= 0.6 is 0 Å². The lowest BCUT2D eigenvalue weighted by atomic mass is 9.88. The number of allylic oxidation sites excluding steroid dienone is 12. The van der Waals surface area contributed by atoms with E-state index in [2.05, 4.69) is 197 Å². The summed E-state index contributed by atoms with van der Waals surface area (Å²) in [5, 5.41) is 14.6. The maximum Gasteiger partial charge on any atom is 0.471 e. The minimum atomic E-state index is -5.27. The number of ether oxygens (including phenoxy) is 4. The van der Waals surface area contributed by atoms with Gasteiger partial charge in [0.15, 0.2) is 81.1 Å². The van der Waals surface area contributed by atoms with Gasteiger partial charge in [-0.3, -0.25) is 14.4 Å². The normalized spacial score (nSPS) is 26.8. The van der Waals surface area contributed by atoms with Crippen molar-refractivity contribution < 1.29 is 91.4 Å². The number of nitrogens with one attached hydrogen (secondary N) is 1. The number of esters is 1. The molecule has 133 heavy (non-hydrogen) atoms. The molecule has 0 aromatic rings. The lowest BCUT2D eigenvalue weighted by Crippen LogP contribution is -2.69. The fourth-order valence-corrected chi connectivity index (χ4v) is 46.8. The van der Waals surface area contributed by atoms with Crippen molar-refractivity contribution in [2.45, 2.75) is 521 Å². The van der Waals surface area contributed by atoms with E-state index in [0.717, 1.165) is 127 Å². The maximum atomic E-state index is 15.4. The highest BCUT2D eigenvalue weighted by atomic mass is 28.4. The van der Waals surface area contributed by atoms with E-state index < -0.39 is 178 Å². The highest BCUT2D eigenvalue weighted by Crippen LogP contribution is 2.45. The summed E-state index contributed by atoms with van der Waals surface area (Å²) in [6, 6.07) is 21.0. The van der Waals surface area contributed by atoms with Crippen molar-refractivity contribution in [1.82, 2.24) is 5.32 Å². The molecule has 0 aliphatic carbocycles. The topological polar surface area (TPSA) is 203 Å². The molecule has 3 heterocycles. The zero-order valence-corrected chi connectivity index (χ0v) is 98.7. The minimum Gasteiger partial charge on any atom is -0.494 e. The fourth-order valence-electron chi connectivity index (χ4n) is 20.8. The van der Waals surface area contributed by atoms with Crippen molar-refractivity contribution in [3.8, 4) is 0 Å². The average Bonchev–Trinajstić information content (AvgIpc) is 0.764. The summed E-state index contributed by atoms with van der Waals surface area (Å²) in [4.78, 5) is 44.1. The number of cyclic esters (lactones) is 1. The molecule has 1 fully saturated rings. The standard InChI is InChI=1S/C103H196F3NO17Si9/c1-32-125(33-2,34-3)116-86-73-74-90(119-128(41-10,42-11)43-12)91(120-129(44-13,45-14)46-15)79-88(117-126(35-4,36-5)37-6)76-87-78-93(121-130(47-16,48-17)49-18)95(100(109)110)92(114-87)77-85(115-101-99(124-133(56-25,57-26)58-27)96(107-102(111)103(104,105)106)98(84(31)113-101)123-132(53-22,54-23)55-24)72-70-68-66-64-62-60-59-61-63-65-67-69-71-81(28)97(122-131(50-19,51-20)52-21)82(29)83(30)112-94(108)80-89(75-86)118-127(38-7,39-8)40-9/h59-72,78,81-86,88-93,95-99,101H,32-58,73-77,79-80H2,1-31H3,(H,107,111)(H,109,110)/t81-,82+,83-,84+,85-,86+,88+,89+,90+,91+,92-,93-,95-,96-,97+,98+,99-,101-/m0/s1. The van der Waals surface area contributed by atoms with Gasteiger partial charge in [0.05, 0.1) is 73.2 Å². The molecule has 3 rings (SSSR count). The van der Waals surface area contributed by atoms with Gasteiger partial charge in [-0.2, -0.15) is 13.2 Å². The quantitative estimate of drug-likeness (QED) is 0.0429. The monoisotopic (exact) mass is 2030 g/mol. The molecule has 0 radical (unpaired) electrons. The van der Waals surface area contributed by atoms with Crippen molar-refractivity contribution in [3.05, 3.63) is 96.9 Å². The van der Waals surface area contributed by atoms with Crippen LogP contribution in [-0.4, -0.2) is 196 Å². The predicted molar refractivity (Wildman–Crippen MR) is 570 cm³/mol. The molecule has 2 N–H and O–H groups in total. The summed E-state index contributed by atoms with van der Waals surface area (Å²) in [5.74, 6) is -4.44. The largest absolute Gasteiger partial charge is 0.494 e. The molecule has 30 heteroatoms. The van der Waals surface area contributed by atoms with Crippen LogP contribution < -0.4 is 5.32 Å². The number of aliphatic carboxylic acids is 1. The third-order valence-electron chi connectivity index (χ3n) is 32.9. The van der Waals surface area contributed by atoms with Crippen molar-refractivity contribution in [1.29, 1.82) is 0 Å². The van der Waals surface area contributed by atoms with Gasteiger partial charge in [0.25, 0.3) is 0 Å². The Balaban J connectivity index is 2.86. The molecule has 0 saturated carbocycles. The third-order valence-corrected chi connectivity index (χ3v) is 74.9. The Morgan fingerprint density at radius 1 is 0.383 bits per heavy atom. The summed E-state index contributed by atoms with van der Waals surface area (Å²) >= 11 is 0. The van der Waals surface area contributed by atoms with E-state index in [1.54, 1.807) is 6.92 Å². The van der Waals surface area contributed by atoms with Crippen LogP contribution in [0.3, 0.4) is 0 Å². The number of carboxylic acid groups (broad SMARTS) is 1. The summed E-state index contributed by atoms with van der Waals surface area (Å²) in [5.41, 5.74) is 0. The van der Waals surface area contributed by atoms with Crippen LogP contribution in [-0.2, 0) is 73.2 Å². The number of alkyl halides is 3. The SMILES string of the molecule is CC[Si](CC)(CC)O[C@@H]1CC[C@@H](O[Si](CC)(CC)CC)[C@H](O[Si](CC)(CC)CC)C[C@H](O[Si](CC)(CC)CC)CC2=C[C@H](O[Si](CC)(CC)CC)[C@@H](C(=O)O)[C@H](C[C@@H](O[C@@H]3O[C@H](C)[C@@H](O[Si](CC)(CC)CC)[C@H](NC(=O)C(F)(F)F)[C@@H]3O[Si](CC)(CC)CC)C=CC=CC=CC=CC=CC=CC=C[C@H](C)[C@@H](O[Si](CC)(CC)CC)[C@H](C)[C@H](C)OC(=O)C[C@H](O[Si](CC)(CC)CC)C1)O2. The molecule has 0 spiro atoms.